The zero-order chi connectivity index (χ0) is 20.7. The van der Waals surface area contributed by atoms with Crippen molar-refractivity contribution in [2.45, 2.75) is 18.3 Å². The second-order valence-electron chi connectivity index (χ2n) is 6.60. The molecule has 0 saturated carbocycles. The van der Waals surface area contributed by atoms with Gasteiger partial charge in [-0.15, -0.1) is 0 Å². The van der Waals surface area contributed by atoms with Crippen molar-refractivity contribution in [3.8, 4) is 0 Å². The van der Waals surface area contributed by atoms with Crippen LogP contribution in [0.1, 0.15) is 22.3 Å². The van der Waals surface area contributed by atoms with Crippen molar-refractivity contribution in [2.24, 2.45) is 5.10 Å². The topological polar surface area (TPSA) is 56.1 Å². The maximum absolute atomic E-state index is 13.6. The highest BCUT2D eigenvalue weighted by atomic mass is 19.4. The van der Waals surface area contributed by atoms with Crippen LogP contribution in [0.2, 0.25) is 0 Å². The Morgan fingerprint density at radius 2 is 1.68 bits per heavy atom. The predicted molar refractivity (Wildman–Crippen MR) is 95.5 cm³/mol. The average Bonchev–Trinajstić information content (AvgIpc) is 3.00. The Morgan fingerprint density at radius 1 is 1.11 bits per heavy atom. The lowest BCUT2D eigenvalue weighted by atomic mass is 10.0. The van der Waals surface area contributed by atoms with E-state index in [-0.39, 0.29) is 21.8 Å². The molecule has 3 rings (SSSR count). The first-order chi connectivity index (χ1) is 13.0. The SMILES string of the molecule is CN(C)c1ccc(C(=O)N2N=C(c3ccc(F)cc3)CC2(O)C(F)(F)F)cc1. The van der Waals surface area contributed by atoms with Crippen LogP contribution in [0.3, 0.4) is 0 Å². The number of halogens is 4. The van der Waals surface area contributed by atoms with E-state index in [0.29, 0.717) is 0 Å². The highest BCUT2D eigenvalue weighted by molar-refractivity contribution is 6.05. The molecular formula is C19H17F4N3O2. The first kappa shape index (κ1) is 19.8. The first-order valence-corrected chi connectivity index (χ1v) is 8.27. The third-order valence-corrected chi connectivity index (χ3v) is 4.44. The van der Waals surface area contributed by atoms with Gasteiger partial charge in [-0.3, -0.25) is 4.79 Å². The zero-order valence-corrected chi connectivity index (χ0v) is 15.0. The number of hydrogen-bond donors (Lipinski definition) is 1. The molecule has 1 atom stereocenters. The molecule has 0 spiro atoms. The van der Waals surface area contributed by atoms with Crippen LogP contribution in [0.4, 0.5) is 23.2 Å². The van der Waals surface area contributed by atoms with E-state index >= 15 is 0 Å². The van der Waals surface area contributed by atoms with Crippen molar-refractivity contribution < 1.29 is 27.5 Å². The average molecular weight is 395 g/mol. The number of aliphatic hydroxyl groups is 1. The monoisotopic (exact) mass is 395 g/mol. The summed E-state index contributed by atoms with van der Waals surface area (Å²) in [7, 11) is 3.55. The van der Waals surface area contributed by atoms with Gasteiger partial charge in [0.2, 0.25) is 0 Å². The van der Waals surface area contributed by atoms with Crippen LogP contribution in [-0.2, 0) is 0 Å². The molecule has 1 aliphatic heterocycles. The molecule has 28 heavy (non-hydrogen) atoms. The van der Waals surface area contributed by atoms with Gasteiger partial charge in [-0.2, -0.15) is 23.3 Å². The number of hydrazone groups is 1. The molecule has 1 unspecified atom stereocenters. The van der Waals surface area contributed by atoms with Gasteiger partial charge in [0, 0.05) is 25.3 Å². The van der Waals surface area contributed by atoms with Gasteiger partial charge in [-0.05, 0) is 42.0 Å². The van der Waals surface area contributed by atoms with Gasteiger partial charge in [0.25, 0.3) is 11.6 Å². The number of carbonyl (C=O) groups excluding carboxylic acids is 1. The Morgan fingerprint density at radius 3 is 2.18 bits per heavy atom. The smallest absolute Gasteiger partial charge is 0.378 e. The Hall–Kier alpha value is -2.94. The standard InChI is InChI=1S/C19H17F4N3O2/c1-25(2)15-9-5-13(6-10-15)17(27)26-18(28,19(21,22)23)11-16(24-26)12-3-7-14(20)8-4-12/h3-10,28H,11H2,1-2H3. The lowest BCUT2D eigenvalue weighted by Gasteiger charge is -2.32. The normalized spacial score (nSPS) is 19.5. The molecule has 5 nitrogen and oxygen atoms in total. The van der Waals surface area contributed by atoms with E-state index < -0.39 is 30.0 Å². The Kier molecular flexibility index (Phi) is 4.88. The summed E-state index contributed by atoms with van der Waals surface area (Å²) in [4.78, 5) is 14.5. The van der Waals surface area contributed by atoms with Crippen molar-refractivity contribution in [2.75, 3.05) is 19.0 Å². The maximum Gasteiger partial charge on any atom is 0.438 e. The molecule has 0 aromatic heterocycles. The van der Waals surface area contributed by atoms with Gasteiger partial charge in [0.1, 0.15) is 5.82 Å². The quantitative estimate of drug-likeness (QED) is 0.811. The van der Waals surface area contributed by atoms with Gasteiger partial charge in [0.05, 0.1) is 12.1 Å². The Labute approximate surface area is 158 Å². The van der Waals surface area contributed by atoms with Gasteiger partial charge in [-0.25, -0.2) is 4.39 Å². The van der Waals surface area contributed by atoms with Crippen molar-refractivity contribution in [3.63, 3.8) is 0 Å². The predicted octanol–water partition coefficient (Wildman–Crippen LogP) is 3.39. The van der Waals surface area contributed by atoms with Crippen LogP contribution in [0, 0.1) is 5.82 Å². The van der Waals surface area contributed by atoms with Crippen LogP contribution in [0.5, 0.6) is 0 Å². The molecule has 2 aromatic carbocycles. The highest BCUT2D eigenvalue weighted by Gasteiger charge is 2.63. The molecule has 1 aliphatic rings. The molecular weight excluding hydrogens is 378 g/mol. The van der Waals surface area contributed by atoms with E-state index in [0.717, 1.165) is 17.8 Å². The third-order valence-electron chi connectivity index (χ3n) is 4.44. The number of rotatable bonds is 3. The number of alkyl halides is 3. The lowest BCUT2D eigenvalue weighted by Crippen LogP contribution is -2.56. The summed E-state index contributed by atoms with van der Waals surface area (Å²) in [5.74, 6) is -1.66. The van der Waals surface area contributed by atoms with E-state index in [4.69, 9.17) is 0 Å². The molecule has 2 aromatic rings. The zero-order valence-electron chi connectivity index (χ0n) is 15.0. The molecule has 9 heteroatoms. The Balaban J connectivity index is 2.00. The second kappa shape index (κ2) is 6.90. The highest BCUT2D eigenvalue weighted by Crippen LogP contribution is 2.42. The van der Waals surface area contributed by atoms with E-state index in [1.165, 1.54) is 24.3 Å². The molecule has 1 N–H and O–H groups in total. The minimum Gasteiger partial charge on any atom is -0.378 e. The first-order valence-electron chi connectivity index (χ1n) is 8.27. The van der Waals surface area contributed by atoms with Crippen LogP contribution in [0.25, 0.3) is 0 Å². The summed E-state index contributed by atoms with van der Waals surface area (Å²) >= 11 is 0. The van der Waals surface area contributed by atoms with E-state index in [2.05, 4.69) is 5.10 Å². The summed E-state index contributed by atoms with van der Waals surface area (Å²) in [5.41, 5.74) is -2.79. The molecule has 0 bridgehead atoms. The van der Waals surface area contributed by atoms with Crippen molar-refractivity contribution >= 4 is 17.3 Å². The third kappa shape index (κ3) is 3.45. The van der Waals surface area contributed by atoms with Crippen molar-refractivity contribution in [1.82, 2.24) is 5.01 Å². The fraction of sp³-hybridized carbons (Fsp3) is 0.263. The summed E-state index contributed by atoms with van der Waals surface area (Å²) in [5, 5.41) is 14.1. The van der Waals surface area contributed by atoms with Gasteiger partial charge in [-0.1, -0.05) is 12.1 Å². The molecule has 0 aliphatic carbocycles. The van der Waals surface area contributed by atoms with Gasteiger partial charge < -0.3 is 10.0 Å². The number of nitrogens with zero attached hydrogens (tertiary/aromatic N) is 3. The molecule has 0 radical (unpaired) electrons. The largest absolute Gasteiger partial charge is 0.438 e. The molecule has 0 saturated heterocycles. The van der Waals surface area contributed by atoms with Gasteiger partial charge in [0.15, 0.2) is 0 Å². The minimum atomic E-state index is -5.14. The number of hydrogen-bond acceptors (Lipinski definition) is 4. The second-order valence-corrected chi connectivity index (χ2v) is 6.60. The molecule has 148 valence electrons. The molecule has 1 heterocycles. The van der Waals surface area contributed by atoms with Gasteiger partial charge >= 0.3 is 6.18 Å². The van der Waals surface area contributed by atoms with Crippen LogP contribution >= 0.6 is 0 Å². The van der Waals surface area contributed by atoms with E-state index in [9.17, 15) is 27.5 Å². The molecule has 1 amide bonds. The van der Waals surface area contributed by atoms with Crippen LogP contribution in [-0.4, -0.2) is 47.7 Å². The van der Waals surface area contributed by atoms with E-state index in [1.54, 1.807) is 31.1 Å². The Bertz CT molecular complexity index is 908. The fourth-order valence-corrected chi connectivity index (χ4v) is 2.81. The number of amides is 1. The minimum absolute atomic E-state index is 0.0519. The van der Waals surface area contributed by atoms with Crippen LogP contribution in [0.15, 0.2) is 53.6 Å². The van der Waals surface area contributed by atoms with Crippen molar-refractivity contribution in [1.29, 1.82) is 0 Å². The summed E-state index contributed by atoms with van der Waals surface area (Å²) in [6.07, 6.45) is -6.10. The number of carbonyl (C=O) groups is 1. The van der Waals surface area contributed by atoms with Crippen LogP contribution < -0.4 is 4.90 Å². The molecule has 0 fully saturated rings. The summed E-state index contributed by atoms with van der Waals surface area (Å²) < 4.78 is 53.9. The van der Waals surface area contributed by atoms with Crippen molar-refractivity contribution in [3.05, 3.63) is 65.5 Å². The lowest BCUT2D eigenvalue weighted by molar-refractivity contribution is -0.297. The summed E-state index contributed by atoms with van der Waals surface area (Å²) in [6.45, 7) is 0. The fourth-order valence-electron chi connectivity index (χ4n) is 2.81. The number of benzene rings is 2. The van der Waals surface area contributed by atoms with E-state index in [1.807, 2.05) is 0 Å². The summed E-state index contributed by atoms with van der Waals surface area (Å²) in [6, 6.07) is 10.5. The number of anilines is 1. The maximum atomic E-state index is 13.6.